The highest BCUT2D eigenvalue weighted by Gasteiger charge is 2.39. The average Bonchev–Trinajstić information content (AvgIpc) is 3.25. The minimum atomic E-state index is -0.250. The molecule has 7 nitrogen and oxygen atoms in total. The SMILES string of the molecule is CN1C2CCC1CC(CC(=O)c1n[nH]c3ccc(N4CCSCC4)cc13)C2.O=CO. The molecule has 30 heavy (non-hydrogen) atoms. The fourth-order valence-electron chi connectivity index (χ4n) is 5.28. The van der Waals surface area contributed by atoms with Crippen molar-refractivity contribution in [3.8, 4) is 0 Å². The lowest BCUT2D eigenvalue weighted by Gasteiger charge is -2.36. The van der Waals surface area contributed by atoms with Crippen molar-refractivity contribution in [3.63, 3.8) is 0 Å². The molecule has 0 spiro atoms. The molecule has 0 aliphatic carbocycles. The molecule has 1 aromatic carbocycles. The smallest absolute Gasteiger partial charge is 0.290 e. The van der Waals surface area contributed by atoms with Gasteiger partial charge < -0.3 is 14.9 Å². The summed E-state index contributed by atoms with van der Waals surface area (Å²) < 4.78 is 0. The van der Waals surface area contributed by atoms with E-state index in [4.69, 9.17) is 9.90 Å². The summed E-state index contributed by atoms with van der Waals surface area (Å²) >= 11 is 2.01. The molecule has 3 aliphatic rings. The normalized spacial score (nSPS) is 26.3. The number of hydrogen-bond acceptors (Lipinski definition) is 6. The molecule has 2 bridgehead atoms. The van der Waals surface area contributed by atoms with E-state index in [0.29, 0.717) is 30.1 Å². The Morgan fingerprint density at radius 1 is 1.27 bits per heavy atom. The zero-order valence-corrected chi connectivity index (χ0v) is 18.2. The maximum Gasteiger partial charge on any atom is 0.290 e. The zero-order chi connectivity index (χ0) is 21.1. The van der Waals surface area contributed by atoms with Gasteiger partial charge in [-0.3, -0.25) is 14.7 Å². The monoisotopic (exact) mass is 430 g/mol. The molecule has 4 heterocycles. The predicted molar refractivity (Wildman–Crippen MR) is 121 cm³/mol. The molecule has 1 aromatic heterocycles. The van der Waals surface area contributed by atoms with E-state index in [-0.39, 0.29) is 12.3 Å². The molecule has 0 amide bonds. The van der Waals surface area contributed by atoms with E-state index in [2.05, 4.69) is 45.2 Å². The highest BCUT2D eigenvalue weighted by Crippen LogP contribution is 2.39. The van der Waals surface area contributed by atoms with Crippen LogP contribution in [0.15, 0.2) is 18.2 Å². The lowest BCUT2D eigenvalue weighted by Crippen LogP contribution is -2.40. The van der Waals surface area contributed by atoms with Gasteiger partial charge in [-0.05, 0) is 56.8 Å². The van der Waals surface area contributed by atoms with Crippen LogP contribution in [0.4, 0.5) is 5.69 Å². The van der Waals surface area contributed by atoms with Gasteiger partial charge in [-0.25, -0.2) is 0 Å². The minimum absolute atomic E-state index is 0.210. The van der Waals surface area contributed by atoms with E-state index in [9.17, 15) is 4.79 Å². The summed E-state index contributed by atoms with van der Waals surface area (Å²) in [6.45, 7) is 1.91. The molecule has 2 N–H and O–H groups in total. The third kappa shape index (κ3) is 4.34. The van der Waals surface area contributed by atoms with Crippen LogP contribution in [-0.4, -0.2) is 76.2 Å². The van der Waals surface area contributed by atoms with Crippen LogP contribution < -0.4 is 4.90 Å². The van der Waals surface area contributed by atoms with Crippen LogP contribution in [0.25, 0.3) is 10.9 Å². The highest BCUT2D eigenvalue weighted by molar-refractivity contribution is 7.99. The topological polar surface area (TPSA) is 89.5 Å². The number of nitrogens with zero attached hydrogens (tertiary/aromatic N) is 3. The number of Topliss-reactive ketones (excluding diaryl/α,β-unsaturated/α-hetero) is 1. The van der Waals surface area contributed by atoms with Crippen LogP contribution in [-0.2, 0) is 4.79 Å². The molecule has 2 atom stereocenters. The molecular formula is C22H30N4O3S. The molecular weight excluding hydrogens is 400 g/mol. The molecule has 2 unspecified atom stereocenters. The first-order chi connectivity index (χ1) is 14.6. The summed E-state index contributed by atoms with van der Waals surface area (Å²) in [7, 11) is 2.25. The number of rotatable bonds is 4. The Bertz CT molecular complexity index is 882. The molecule has 162 valence electrons. The number of piperidine rings is 1. The van der Waals surface area contributed by atoms with Crippen molar-refractivity contribution in [2.75, 3.05) is 36.5 Å². The van der Waals surface area contributed by atoms with Crippen molar-refractivity contribution in [2.24, 2.45) is 5.92 Å². The van der Waals surface area contributed by atoms with Gasteiger partial charge in [0.25, 0.3) is 6.47 Å². The van der Waals surface area contributed by atoms with Gasteiger partial charge in [0.1, 0.15) is 5.69 Å². The lowest BCUT2D eigenvalue weighted by molar-refractivity contribution is -0.122. The maximum absolute atomic E-state index is 13.1. The van der Waals surface area contributed by atoms with E-state index in [1.807, 2.05) is 11.8 Å². The molecule has 3 saturated heterocycles. The number of ketones is 1. The van der Waals surface area contributed by atoms with Crippen molar-refractivity contribution in [1.29, 1.82) is 0 Å². The van der Waals surface area contributed by atoms with Gasteiger partial charge in [0.15, 0.2) is 5.78 Å². The van der Waals surface area contributed by atoms with Crippen LogP contribution in [0.2, 0.25) is 0 Å². The second-order valence-corrected chi connectivity index (χ2v) is 9.75. The second-order valence-electron chi connectivity index (χ2n) is 8.52. The number of fused-ring (bicyclic) bond motifs is 3. The molecule has 0 saturated carbocycles. The van der Waals surface area contributed by atoms with E-state index in [0.717, 1.165) is 36.8 Å². The fourth-order valence-corrected chi connectivity index (χ4v) is 6.19. The van der Waals surface area contributed by atoms with E-state index in [1.165, 1.54) is 30.0 Å². The summed E-state index contributed by atoms with van der Waals surface area (Å²) in [5, 5.41) is 15.4. The number of H-pyrrole nitrogens is 1. The van der Waals surface area contributed by atoms with Crippen LogP contribution >= 0.6 is 11.8 Å². The quantitative estimate of drug-likeness (QED) is 0.568. The Hall–Kier alpha value is -2.06. The van der Waals surface area contributed by atoms with Gasteiger partial charge in [-0.1, -0.05) is 0 Å². The van der Waals surface area contributed by atoms with Crippen molar-refractivity contribution < 1.29 is 14.7 Å². The second kappa shape index (κ2) is 9.39. The number of carboxylic acid groups (broad SMARTS) is 1. The summed E-state index contributed by atoms with van der Waals surface area (Å²) in [6, 6.07) is 7.76. The van der Waals surface area contributed by atoms with E-state index in [1.54, 1.807) is 0 Å². The average molecular weight is 431 g/mol. The zero-order valence-electron chi connectivity index (χ0n) is 17.4. The number of aromatic amines is 1. The van der Waals surface area contributed by atoms with Crippen molar-refractivity contribution in [1.82, 2.24) is 15.1 Å². The lowest BCUT2D eigenvalue weighted by atomic mass is 9.86. The van der Waals surface area contributed by atoms with E-state index < -0.39 is 0 Å². The van der Waals surface area contributed by atoms with Gasteiger partial charge in [0.05, 0.1) is 5.52 Å². The molecule has 3 fully saturated rings. The molecule has 0 radical (unpaired) electrons. The van der Waals surface area contributed by atoms with Crippen LogP contribution in [0.3, 0.4) is 0 Å². The number of carbonyl (C=O) groups excluding carboxylic acids is 1. The molecule has 2 aromatic rings. The van der Waals surface area contributed by atoms with Gasteiger partial charge in [0, 0.05) is 54.2 Å². The van der Waals surface area contributed by atoms with Gasteiger partial charge in [-0.15, -0.1) is 0 Å². The number of aromatic nitrogens is 2. The number of thioether (sulfide) groups is 1. The third-order valence-corrected chi connectivity index (χ3v) is 7.80. The summed E-state index contributed by atoms with van der Waals surface area (Å²) in [5.74, 6) is 3.07. The largest absolute Gasteiger partial charge is 0.483 e. The maximum atomic E-state index is 13.1. The standard InChI is InChI=1S/C21H28N4OS.CH2O2/c1-24-15-2-3-16(24)11-14(10-15)12-20(26)21-18-13-17(4-5-19(18)22-23-21)25-6-8-27-9-7-25;2-1-3/h4-5,13-16H,2-3,6-12H2,1H3,(H,22,23);1H,(H,2,3). The minimum Gasteiger partial charge on any atom is -0.483 e. The summed E-state index contributed by atoms with van der Waals surface area (Å²) in [5.41, 5.74) is 2.83. The van der Waals surface area contributed by atoms with Crippen molar-refractivity contribution in [2.45, 2.75) is 44.2 Å². The van der Waals surface area contributed by atoms with Gasteiger partial charge in [0.2, 0.25) is 0 Å². The molecule has 8 heteroatoms. The van der Waals surface area contributed by atoms with Crippen molar-refractivity contribution >= 4 is 40.6 Å². The summed E-state index contributed by atoms with van der Waals surface area (Å²) in [4.78, 5) is 26.4. The Labute approximate surface area is 181 Å². The number of carbonyl (C=O) groups is 2. The van der Waals surface area contributed by atoms with Crippen LogP contribution in [0.1, 0.15) is 42.6 Å². The number of nitrogens with one attached hydrogen (secondary N) is 1. The Morgan fingerprint density at radius 3 is 2.60 bits per heavy atom. The van der Waals surface area contributed by atoms with Gasteiger partial charge >= 0.3 is 0 Å². The Kier molecular flexibility index (Phi) is 6.63. The predicted octanol–water partition coefficient (Wildman–Crippen LogP) is 3.26. The van der Waals surface area contributed by atoms with Crippen LogP contribution in [0, 0.1) is 5.92 Å². The number of anilines is 1. The molecule has 5 rings (SSSR count). The number of hydrogen-bond donors (Lipinski definition) is 2. The highest BCUT2D eigenvalue weighted by atomic mass is 32.2. The Morgan fingerprint density at radius 2 is 1.93 bits per heavy atom. The van der Waals surface area contributed by atoms with Gasteiger partial charge in [-0.2, -0.15) is 16.9 Å². The first kappa shape index (κ1) is 21.2. The third-order valence-electron chi connectivity index (χ3n) is 6.86. The first-order valence-electron chi connectivity index (χ1n) is 10.7. The fraction of sp³-hybridized carbons (Fsp3) is 0.591. The molecule has 3 aliphatic heterocycles. The summed E-state index contributed by atoms with van der Waals surface area (Å²) in [6.07, 6.45) is 5.57. The number of benzene rings is 1. The first-order valence-corrected chi connectivity index (χ1v) is 11.9. The van der Waals surface area contributed by atoms with E-state index >= 15 is 0 Å². The van der Waals surface area contributed by atoms with Crippen molar-refractivity contribution in [3.05, 3.63) is 23.9 Å². The van der Waals surface area contributed by atoms with Crippen LogP contribution in [0.5, 0.6) is 0 Å². The Balaban J connectivity index is 0.000000687.